The lowest BCUT2D eigenvalue weighted by Crippen LogP contribution is -2.44. The van der Waals surface area contributed by atoms with E-state index in [4.69, 9.17) is 0 Å². The second-order valence-corrected chi connectivity index (χ2v) is 3.59. The Morgan fingerprint density at radius 3 is 2.27 bits per heavy atom. The van der Waals surface area contributed by atoms with Crippen LogP contribution in [0.3, 0.4) is 0 Å². The van der Waals surface area contributed by atoms with Crippen LogP contribution in [-0.2, 0) is 0 Å². The normalized spacial score (nSPS) is 18.1. The fraction of sp³-hybridized carbons (Fsp3) is 0.556. The maximum Gasteiger partial charge on any atom is 0.0306 e. The SMILES string of the molecule is CC[N+](C)(C)[B-]C1C=CC=C1. The van der Waals surface area contributed by atoms with Gasteiger partial charge in [0, 0.05) is 28.1 Å². The van der Waals surface area contributed by atoms with Crippen molar-refractivity contribution in [3.63, 3.8) is 0 Å². The molecule has 0 aromatic rings. The van der Waals surface area contributed by atoms with Crippen LogP contribution in [0, 0.1) is 0 Å². The first kappa shape index (κ1) is 8.60. The summed E-state index contributed by atoms with van der Waals surface area (Å²) in [6, 6.07) is 0. The van der Waals surface area contributed by atoms with Gasteiger partial charge in [0.25, 0.3) is 0 Å². The summed E-state index contributed by atoms with van der Waals surface area (Å²) in [5.41, 5.74) is 0. The molecular formula is C9H16BN. The average molecular weight is 149 g/mol. The molecule has 0 amide bonds. The lowest BCUT2D eigenvalue weighted by Gasteiger charge is -2.44. The molecule has 1 aliphatic rings. The van der Waals surface area contributed by atoms with Gasteiger partial charge in [0.2, 0.25) is 0 Å². The molecule has 60 valence electrons. The maximum absolute atomic E-state index is 2.35. The van der Waals surface area contributed by atoms with E-state index in [1.807, 2.05) is 0 Å². The van der Waals surface area contributed by atoms with Gasteiger partial charge in [-0.3, -0.25) is 0 Å². The van der Waals surface area contributed by atoms with Gasteiger partial charge in [0.1, 0.15) is 0 Å². The Morgan fingerprint density at radius 1 is 1.27 bits per heavy atom. The van der Waals surface area contributed by atoms with Gasteiger partial charge in [-0.1, -0.05) is 12.2 Å². The van der Waals surface area contributed by atoms with E-state index in [1.54, 1.807) is 0 Å². The summed E-state index contributed by atoms with van der Waals surface area (Å²) < 4.78 is 0.985. The van der Waals surface area contributed by atoms with Gasteiger partial charge in [-0.2, -0.15) is 0 Å². The van der Waals surface area contributed by atoms with Crippen molar-refractivity contribution in [3.8, 4) is 0 Å². The molecule has 0 heterocycles. The van der Waals surface area contributed by atoms with E-state index < -0.39 is 0 Å². The summed E-state index contributed by atoms with van der Waals surface area (Å²) in [4.78, 5) is 0. The van der Waals surface area contributed by atoms with Crippen molar-refractivity contribution in [1.82, 2.24) is 0 Å². The van der Waals surface area contributed by atoms with Crippen LogP contribution in [0.4, 0.5) is 0 Å². The van der Waals surface area contributed by atoms with E-state index in [9.17, 15) is 0 Å². The molecule has 1 rings (SSSR count). The largest absolute Gasteiger partial charge is 0.564 e. The zero-order valence-corrected chi connectivity index (χ0v) is 7.62. The van der Waals surface area contributed by atoms with Gasteiger partial charge in [0.15, 0.2) is 0 Å². The summed E-state index contributed by atoms with van der Waals surface area (Å²) in [6.45, 7) is 3.36. The Hall–Kier alpha value is -0.495. The molecule has 0 fully saturated rings. The topological polar surface area (TPSA) is 0 Å². The molecule has 2 radical (unpaired) electrons. The minimum atomic E-state index is 0.546. The third-order valence-electron chi connectivity index (χ3n) is 2.17. The first-order valence-corrected chi connectivity index (χ1v) is 4.18. The third kappa shape index (κ3) is 2.54. The second-order valence-electron chi connectivity index (χ2n) is 3.59. The monoisotopic (exact) mass is 149 g/mol. The standard InChI is InChI=1S/C9H16BN/c1-4-11(2,3)10-9-7-5-6-8-9/h5-9H,4H2,1-3H3. The summed E-state index contributed by atoms with van der Waals surface area (Å²) >= 11 is 0. The highest BCUT2D eigenvalue weighted by atomic mass is 15.2. The number of rotatable bonds is 3. The van der Waals surface area contributed by atoms with Crippen molar-refractivity contribution < 1.29 is 4.39 Å². The molecule has 0 bridgehead atoms. The summed E-state index contributed by atoms with van der Waals surface area (Å²) in [5, 5.41) is 0. The van der Waals surface area contributed by atoms with Crippen LogP contribution in [0.25, 0.3) is 0 Å². The van der Waals surface area contributed by atoms with E-state index in [1.165, 1.54) is 0 Å². The van der Waals surface area contributed by atoms with E-state index in [-0.39, 0.29) is 0 Å². The van der Waals surface area contributed by atoms with Crippen molar-refractivity contribution in [3.05, 3.63) is 24.3 Å². The molecule has 0 aromatic carbocycles. The maximum atomic E-state index is 2.35. The summed E-state index contributed by atoms with van der Waals surface area (Å²) in [5.74, 6) is 0.546. The van der Waals surface area contributed by atoms with Crippen LogP contribution in [-0.4, -0.2) is 32.4 Å². The molecule has 0 saturated carbocycles. The van der Waals surface area contributed by atoms with Crippen molar-refractivity contribution in [2.45, 2.75) is 12.7 Å². The average Bonchev–Trinajstić information content (AvgIpc) is 2.39. The zero-order chi connectivity index (χ0) is 8.32. The number of hydrogen-bond donors (Lipinski definition) is 0. The van der Waals surface area contributed by atoms with Crippen LogP contribution in [0.5, 0.6) is 0 Å². The molecule has 0 aliphatic heterocycles. The lowest BCUT2D eigenvalue weighted by atomic mass is 9.72. The molecule has 1 aliphatic carbocycles. The Morgan fingerprint density at radius 2 is 1.82 bits per heavy atom. The highest BCUT2D eigenvalue weighted by Gasteiger charge is 2.05. The van der Waals surface area contributed by atoms with E-state index in [0.29, 0.717) is 5.82 Å². The van der Waals surface area contributed by atoms with Crippen LogP contribution < -0.4 is 0 Å². The minimum Gasteiger partial charge on any atom is -0.564 e. The van der Waals surface area contributed by atoms with Gasteiger partial charge in [-0.05, 0) is 6.92 Å². The Bertz CT molecular complexity index is 170. The summed E-state index contributed by atoms with van der Waals surface area (Å²) in [7, 11) is 6.79. The van der Waals surface area contributed by atoms with Crippen molar-refractivity contribution in [2.75, 3.05) is 20.6 Å². The van der Waals surface area contributed by atoms with Gasteiger partial charge in [-0.15, -0.1) is 18.0 Å². The Balaban J connectivity index is 2.41. The first-order valence-electron chi connectivity index (χ1n) is 4.18. The predicted octanol–water partition coefficient (Wildman–Crippen LogP) is 1.62. The van der Waals surface area contributed by atoms with Crippen LogP contribution in [0.2, 0.25) is 5.82 Å². The van der Waals surface area contributed by atoms with Gasteiger partial charge in [0.05, 0.1) is 0 Å². The lowest BCUT2D eigenvalue weighted by molar-refractivity contribution is -0.777. The molecular weight excluding hydrogens is 133 g/mol. The van der Waals surface area contributed by atoms with Crippen molar-refractivity contribution >= 4 is 7.41 Å². The molecule has 11 heavy (non-hydrogen) atoms. The van der Waals surface area contributed by atoms with Crippen LogP contribution in [0.1, 0.15) is 6.92 Å². The number of nitrogens with zero attached hydrogens (tertiary/aromatic N) is 1. The molecule has 0 saturated heterocycles. The molecule has 1 nitrogen and oxygen atoms in total. The molecule has 0 N–H and O–H groups in total. The quantitative estimate of drug-likeness (QED) is 0.535. The molecule has 0 spiro atoms. The van der Waals surface area contributed by atoms with Gasteiger partial charge >= 0.3 is 0 Å². The Kier molecular flexibility index (Phi) is 2.55. The fourth-order valence-electron chi connectivity index (χ4n) is 1.12. The smallest absolute Gasteiger partial charge is 0.0306 e. The van der Waals surface area contributed by atoms with Crippen molar-refractivity contribution in [1.29, 1.82) is 0 Å². The van der Waals surface area contributed by atoms with E-state index in [2.05, 4.69) is 52.7 Å². The molecule has 0 aromatic heterocycles. The predicted molar refractivity (Wildman–Crippen MR) is 50.4 cm³/mol. The number of quaternary nitrogens is 1. The van der Waals surface area contributed by atoms with Crippen LogP contribution >= 0.6 is 0 Å². The van der Waals surface area contributed by atoms with E-state index >= 15 is 0 Å². The number of hydrogen-bond acceptors (Lipinski definition) is 0. The third-order valence-corrected chi connectivity index (χ3v) is 2.17. The molecule has 0 atom stereocenters. The van der Waals surface area contributed by atoms with Gasteiger partial charge in [-0.25, -0.2) is 0 Å². The van der Waals surface area contributed by atoms with Gasteiger partial charge < -0.3 is 4.39 Å². The van der Waals surface area contributed by atoms with Crippen LogP contribution in [0.15, 0.2) is 24.3 Å². The highest BCUT2D eigenvalue weighted by Crippen LogP contribution is 2.16. The van der Waals surface area contributed by atoms with E-state index in [0.717, 1.165) is 10.9 Å². The zero-order valence-electron chi connectivity index (χ0n) is 7.62. The highest BCUT2D eigenvalue weighted by molar-refractivity contribution is 6.30. The molecule has 0 unspecified atom stereocenters. The molecule has 2 heteroatoms. The van der Waals surface area contributed by atoms with Crippen molar-refractivity contribution in [2.24, 2.45) is 0 Å². The first-order chi connectivity index (χ1) is 5.14. The minimum absolute atomic E-state index is 0.546. The summed E-state index contributed by atoms with van der Waals surface area (Å²) in [6.07, 6.45) is 8.65. The number of allylic oxidation sites excluding steroid dienone is 4. The Labute approximate surface area is 70.3 Å². The fourth-order valence-corrected chi connectivity index (χ4v) is 1.12. The second kappa shape index (κ2) is 3.27.